The lowest BCUT2D eigenvalue weighted by molar-refractivity contribution is 0.371. The summed E-state index contributed by atoms with van der Waals surface area (Å²) >= 11 is 1.99. The lowest BCUT2D eigenvalue weighted by atomic mass is 10.0. The van der Waals surface area contributed by atoms with Crippen LogP contribution in [0.2, 0.25) is 0 Å². The summed E-state index contributed by atoms with van der Waals surface area (Å²) in [6, 6.07) is 0. The maximum atomic E-state index is 5.46. The minimum atomic E-state index is 0.735. The van der Waals surface area contributed by atoms with Gasteiger partial charge in [-0.05, 0) is 32.2 Å². The van der Waals surface area contributed by atoms with Gasteiger partial charge in [-0.2, -0.15) is 16.7 Å². The van der Waals surface area contributed by atoms with Gasteiger partial charge in [-0.25, -0.2) is 0 Å². The Balaban J connectivity index is 1.69. The van der Waals surface area contributed by atoms with E-state index in [1.54, 1.807) is 0 Å². The molecule has 5 heteroatoms. The molecule has 0 saturated heterocycles. The van der Waals surface area contributed by atoms with E-state index in [0.29, 0.717) is 0 Å². The standard InChI is InChI=1S/C13H23N3OS/c14-9-5-4-8-13-15-12(16-17-13)10-18-11-6-2-1-3-7-11/h11H,1-10,14H2. The normalized spacial score (nSPS) is 17.2. The van der Waals surface area contributed by atoms with Crippen molar-refractivity contribution in [2.24, 2.45) is 5.73 Å². The zero-order valence-electron chi connectivity index (χ0n) is 10.9. The molecule has 0 radical (unpaired) electrons. The van der Waals surface area contributed by atoms with Crippen molar-refractivity contribution in [1.29, 1.82) is 0 Å². The molecule has 1 aliphatic carbocycles. The monoisotopic (exact) mass is 269 g/mol. The van der Waals surface area contributed by atoms with Crippen LogP contribution in [-0.2, 0) is 12.2 Å². The number of aromatic nitrogens is 2. The Morgan fingerprint density at radius 2 is 2.06 bits per heavy atom. The molecule has 0 amide bonds. The Bertz CT molecular complexity index is 337. The second-order valence-electron chi connectivity index (χ2n) is 4.92. The number of hydrogen-bond acceptors (Lipinski definition) is 5. The molecular weight excluding hydrogens is 246 g/mol. The molecule has 1 aromatic rings. The van der Waals surface area contributed by atoms with E-state index in [0.717, 1.165) is 48.5 Å². The minimum absolute atomic E-state index is 0.735. The quantitative estimate of drug-likeness (QED) is 0.771. The van der Waals surface area contributed by atoms with Crippen molar-refractivity contribution in [3.8, 4) is 0 Å². The van der Waals surface area contributed by atoms with Crippen LogP contribution in [0.1, 0.15) is 56.7 Å². The molecule has 0 unspecified atom stereocenters. The first-order valence-electron chi connectivity index (χ1n) is 7.01. The van der Waals surface area contributed by atoms with Gasteiger partial charge in [-0.1, -0.05) is 24.4 Å². The lowest BCUT2D eigenvalue weighted by Gasteiger charge is -2.19. The molecule has 102 valence electrons. The number of thioether (sulfide) groups is 1. The number of nitrogens with two attached hydrogens (primary N) is 1. The summed E-state index contributed by atoms with van der Waals surface area (Å²) in [5.74, 6) is 2.52. The Hall–Kier alpha value is -0.550. The van der Waals surface area contributed by atoms with E-state index in [4.69, 9.17) is 10.3 Å². The molecule has 0 bridgehead atoms. The van der Waals surface area contributed by atoms with Gasteiger partial charge in [-0.3, -0.25) is 0 Å². The molecule has 2 N–H and O–H groups in total. The molecule has 0 aromatic carbocycles. The van der Waals surface area contributed by atoms with Gasteiger partial charge in [0.25, 0.3) is 0 Å². The predicted molar refractivity (Wildman–Crippen MR) is 74.5 cm³/mol. The third kappa shape index (κ3) is 4.61. The van der Waals surface area contributed by atoms with Gasteiger partial charge in [0.2, 0.25) is 5.89 Å². The molecule has 0 aliphatic heterocycles. The van der Waals surface area contributed by atoms with Crippen LogP contribution in [0.15, 0.2) is 4.52 Å². The van der Waals surface area contributed by atoms with Crippen LogP contribution >= 0.6 is 11.8 Å². The van der Waals surface area contributed by atoms with Crippen molar-refractivity contribution in [2.75, 3.05) is 6.54 Å². The number of rotatable bonds is 7. The molecule has 1 heterocycles. The highest BCUT2D eigenvalue weighted by atomic mass is 32.2. The zero-order chi connectivity index (χ0) is 12.6. The van der Waals surface area contributed by atoms with E-state index in [-0.39, 0.29) is 0 Å². The third-order valence-electron chi connectivity index (χ3n) is 3.36. The van der Waals surface area contributed by atoms with Crippen molar-refractivity contribution < 1.29 is 4.52 Å². The van der Waals surface area contributed by atoms with E-state index in [1.807, 2.05) is 11.8 Å². The Morgan fingerprint density at radius 1 is 1.22 bits per heavy atom. The highest BCUT2D eigenvalue weighted by Gasteiger charge is 2.15. The smallest absolute Gasteiger partial charge is 0.226 e. The minimum Gasteiger partial charge on any atom is -0.339 e. The molecule has 4 nitrogen and oxygen atoms in total. The molecule has 1 fully saturated rings. The molecule has 18 heavy (non-hydrogen) atoms. The second kappa shape index (κ2) is 7.79. The summed E-state index contributed by atoms with van der Waals surface area (Å²) in [6.45, 7) is 0.735. The fraction of sp³-hybridized carbons (Fsp3) is 0.846. The van der Waals surface area contributed by atoms with E-state index >= 15 is 0 Å². The number of hydrogen-bond donors (Lipinski definition) is 1. The van der Waals surface area contributed by atoms with Crippen molar-refractivity contribution in [3.63, 3.8) is 0 Å². The third-order valence-corrected chi connectivity index (χ3v) is 4.72. The van der Waals surface area contributed by atoms with Gasteiger partial charge >= 0.3 is 0 Å². The van der Waals surface area contributed by atoms with Crippen LogP contribution in [0, 0.1) is 0 Å². The van der Waals surface area contributed by atoms with E-state index < -0.39 is 0 Å². The summed E-state index contributed by atoms with van der Waals surface area (Å²) in [7, 11) is 0. The first-order chi connectivity index (χ1) is 8.88. The molecule has 1 aliphatic rings. The van der Waals surface area contributed by atoms with Crippen LogP contribution < -0.4 is 5.73 Å². The van der Waals surface area contributed by atoms with Crippen LogP contribution in [0.25, 0.3) is 0 Å². The summed E-state index contributed by atoms with van der Waals surface area (Å²) in [6.07, 6.45) is 9.80. The van der Waals surface area contributed by atoms with E-state index in [2.05, 4.69) is 10.1 Å². The van der Waals surface area contributed by atoms with Crippen molar-refractivity contribution in [2.45, 2.75) is 62.4 Å². The summed E-state index contributed by atoms with van der Waals surface area (Å²) < 4.78 is 5.24. The van der Waals surface area contributed by atoms with Gasteiger partial charge in [0.1, 0.15) is 0 Å². The van der Waals surface area contributed by atoms with E-state index in [1.165, 1.54) is 32.1 Å². The average Bonchev–Trinajstić information content (AvgIpc) is 2.86. The van der Waals surface area contributed by atoms with Crippen LogP contribution in [0.3, 0.4) is 0 Å². The number of aryl methyl sites for hydroxylation is 1. The lowest BCUT2D eigenvalue weighted by Crippen LogP contribution is -2.08. The fourth-order valence-corrected chi connectivity index (χ4v) is 3.46. The Labute approximate surface area is 113 Å². The summed E-state index contributed by atoms with van der Waals surface area (Å²) in [5.41, 5.74) is 5.46. The van der Waals surface area contributed by atoms with Gasteiger partial charge in [-0.15, -0.1) is 0 Å². The maximum absolute atomic E-state index is 5.46. The van der Waals surface area contributed by atoms with Gasteiger partial charge in [0, 0.05) is 11.7 Å². The van der Waals surface area contributed by atoms with Gasteiger partial charge < -0.3 is 10.3 Å². The zero-order valence-corrected chi connectivity index (χ0v) is 11.8. The Morgan fingerprint density at radius 3 is 2.83 bits per heavy atom. The average molecular weight is 269 g/mol. The largest absolute Gasteiger partial charge is 0.339 e. The van der Waals surface area contributed by atoms with Crippen molar-refractivity contribution >= 4 is 11.8 Å². The van der Waals surface area contributed by atoms with Gasteiger partial charge in [0.15, 0.2) is 5.82 Å². The summed E-state index contributed by atoms with van der Waals surface area (Å²) in [5, 5.41) is 4.84. The topological polar surface area (TPSA) is 64.9 Å². The molecule has 1 saturated carbocycles. The first-order valence-corrected chi connectivity index (χ1v) is 8.06. The van der Waals surface area contributed by atoms with E-state index in [9.17, 15) is 0 Å². The van der Waals surface area contributed by atoms with Crippen LogP contribution in [0.4, 0.5) is 0 Å². The Kier molecular flexibility index (Phi) is 6.00. The molecule has 2 rings (SSSR count). The maximum Gasteiger partial charge on any atom is 0.226 e. The molecular formula is C13H23N3OS. The number of unbranched alkanes of at least 4 members (excludes halogenated alkanes) is 1. The van der Waals surface area contributed by atoms with Gasteiger partial charge in [0.05, 0.1) is 5.75 Å². The van der Waals surface area contributed by atoms with Crippen molar-refractivity contribution in [3.05, 3.63) is 11.7 Å². The fourth-order valence-electron chi connectivity index (χ4n) is 2.30. The summed E-state index contributed by atoms with van der Waals surface area (Å²) in [4.78, 5) is 4.43. The highest BCUT2D eigenvalue weighted by Crippen LogP contribution is 2.29. The molecule has 0 atom stereocenters. The second-order valence-corrected chi connectivity index (χ2v) is 6.21. The molecule has 1 aromatic heterocycles. The predicted octanol–water partition coefficient (Wildman–Crippen LogP) is 2.92. The first kappa shape index (κ1) is 13.9. The SMILES string of the molecule is NCCCCc1nc(CSC2CCCCC2)no1. The van der Waals surface area contributed by atoms with Crippen LogP contribution in [0.5, 0.6) is 0 Å². The highest BCUT2D eigenvalue weighted by molar-refractivity contribution is 7.99. The van der Waals surface area contributed by atoms with Crippen molar-refractivity contribution in [1.82, 2.24) is 10.1 Å². The number of nitrogens with zero attached hydrogens (tertiary/aromatic N) is 2. The molecule has 0 spiro atoms. The van der Waals surface area contributed by atoms with Crippen LogP contribution in [-0.4, -0.2) is 21.9 Å².